The maximum absolute atomic E-state index is 12.4. The van der Waals surface area contributed by atoms with E-state index >= 15 is 0 Å². The van der Waals surface area contributed by atoms with E-state index in [1.807, 2.05) is 36.1 Å². The lowest BCUT2D eigenvalue weighted by Gasteiger charge is -2.27. The topological polar surface area (TPSA) is 76.0 Å². The second-order valence-electron chi connectivity index (χ2n) is 8.09. The number of carbonyl (C=O) groups is 1. The molecule has 1 amide bonds. The number of sulfone groups is 1. The Morgan fingerprint density at radius 2 is 2.00 bits per heavy atom. The van der Waals surface area contributed by atoms with Gasteiger partial charge in [0.15, 0.2) is 20.8 Å². The fraction of sp³-hybridized carbons (Fsp3) is 0.364. The van der Waals surface area contributed by atoms with Crippen molar-refractivity contribution in [3.63, 3.8) is 0 Å². The number of thioether (sulfide) groups is 1. The minimum atomic E-state index is -3.18. The summed E-state index contributed by atoms with van der Waals surface area (Å²) in [5.41, 5.74) is 1.65. The third kappa shape index (κ3) is 4.76. The van der Waals surface area contributed by atoms with Crippen molar-refractivity contribution in [1.29, 1.82) is 0 Å². The molecule has 2 atom stereocenters. The second kappa shape index (κ2) is 8.48. The van der Waals surface area contributed by atoms with Crippen molar-refractivity contribution >= 4 is 50.0 Å². The molecule has 0 bridgehead atoms. The normalized spacial score (nSPS) is 23.4. The number of nitrogens with zero attached hydrogens (tertiary/aromatic N) is 2. The number of hydrogen-bond donors (Lipinski definition) is 0. The van der Waals surface area contributed by atoms with Crippen molar-refractivity contribution in [2.45, 2.75) is 32.1 Å². The number of ether oxygens (including phenoxy) is 1. The molecule has 2 saturated heterocycles. The number of aryl methyl sites for hydroxylation is 1. The summed E-state index contributed by atoms with van der Waals surface area (Å²) in [5, 5.41) is 0.768. The summed E-state index contributed by atoms with van der Waals surface area (Å²) < 4.78 is 30.8. The third-order valence-corrected chi connectivity index (χ3v) is 8.61. The van der Waals surface area contributed by atoms with Crippen molar-refractivity contribution in [3.8, 4) is 11.5 Å². The van der Waals surface area contributed by atoms with E-state index in [0.717, 1.165) is 5.56 Å². The van der Waals surface area contributed by atoms with Gasteiger partial charge in [-0.25, -0.2) is 8.42 Å². The third-order valence-electron chi connectivity index (χ3n) is 5.16. The predicted octanol–water partition coefficient (Wildman–Crippen LogP) is 4.70. The molecule has 2 aromatic carbocycles. The van der Waals surface area contributed by atoms with E-state index in [1.165, 1.54) is 11.8 Å². The van der Waals surface area contributed by atoms with Crippen LogP contribution in [0.1, 0.15) is 19.4 Å². The van der Waals surface area contributed by atoms with Crippen LogP contribution in [0, 0.1) is 12.8 Å². The molecule has 2 heterocycles. The molecule has 4 rings (SSSR count). The number of carbonyl (C=O) groups excluding carboxylic acids is 1. The van der Waals surface area contributed by atoms with Crippen molar-refractivity contribution in [3.05, 3.63) is 53.1 Å². The molecule has 0 N–H and O–H groups in total. The monoisotopic (exact) mass is 478 g/mol. The molecule has 0 saturated carbocycles. The summed E-state index contributed by atoms with van der Waals surface area (Å²) in [6, 6.07) is 12.5. The van der Waals surface area contributed by atoms with E-state index in [0.29, 0.717) is 27.4 Å². The van der Waals surface area contributed by atoms with Gasteiger partial charge in [-0.1, -0.05) is 49.3 Å². The fourth-order valence-corrected chi connectivity index (χ4v) is 7.72. The molecule has 0 aromatic heterocycles. The lowest BCUT2D eigenvalue weighted by molar-refractivity contribution is -0.120. The van der Waals surface area contributed by atoms with Gasteiger partial charge in [0.1, 0.15) is 5.75 Å². The molecular weight excluding hydrogens is 456 g/mol. The number of anilines is 1. The molecule has 2 fully saturated rings. The molecule has 0 radical (unpaired) electrons. The first kappa shape index (κ1) is 22.2. The Balaban J connectivity index is 1.80. The standard InChI is InChI=1S/C22H23ClN2O4S2/c1-13(2)21(26)24-22-25(18-11-31(27,28)12-20(18)30-22)17-10-15(23)7-8-19(17)29-16-6-4-5-14(3)9-16/h4-10,13,18,20H,11-12H2,1-3H3. The summed E-state index contributed by atoms with van der Waals surface area (Å²) in [6.07, 6.45) is 0. The quantitative estimate of drug-likeness (QED) is 0.634. The Hall–Kier alpha value is -2.03. The van der Waals surface area contributed by atoms with E-state index in [4.69, 9.17) is 16.3 Å². The number of fused-ring (bicyclic) bond motifs is 1. The van der Waals surface area contributed by atoms with Gasteiger partial charge in [-0.05, 0) is 42.8 Å². The minimum Gasteiger partial charge on any atom is -0.455 e. The summed E-state index contributed by atoms with van der Waals surface area (Å²) in [7, 11) is -3.18. The summed E-state index contributed by atoms with van der Waals surface area (Å²) in [4.78, 5) is 18.5. The molecule has 0 aliphatic carbocycles. The van der Waals surface area contributed by atoms with Crippen LogP contribution < -0.4 is 9.64 Å². The Morgan fingerprint density at radius 3 is 2.71 bits per heavy atom. The molecule has 31 heavy (non-hydrogen) atoms. The van der Waals surface area contributed by atoms with Gasteiger partial charge in [0.05, 0.1) is 23.2 Å². The Labute approximate surface area is 191 Å². The smallest absolute Gasteiger partial charge is 0.250 e. The first-order valence-electron chi connectivity index (χ1n) is 9.96. The van der Waals surface area contributed by atoms with Crippen LogP contribution in [0.4, 0.5) is 5.69 Å². The zero-order chi connectivity index (χ0) is 22.3. The van der Waals surface area contributed by atoms with Gasteiger partial charge in [-0.15, -0.1) is 0 Å². The first-order chi connectivity index (χ1) is 14.6. The van der Waals surface area contributed by atoms with Crippen LogP contribution in [0.2, 0.25) is 5.02 Å². The largest absolute Gasteiger partial charge is 0.455 e. The first-order valence-corrected chi connectivity index (χ1v) is 13.0. The van der Waals surface area contributed by atoms with Gasteiger partial charge < -0.3 is 9.64 Å². The number of benzene rings is 2. The zero-order valence-corrected chi connectivity index (χ0v) is 19.8. The van der Waals surface area contributed by atoms with Crippen molar-refractivity contribution in [2.75, 3.05) is 16.4 Å². The molecule has 2 unspecified atom stereocenters. The predicted molar refractivity (Wildman–Crippen MR) is 126 cm³/mol. The maximum atomic E-state index is 12.4. The number of amides is 1. The summed E-state index contributed by atoms with van der Waals surface area (Å²) >= 11 is 7.65. The van der Waals surface area contributed by atoms with Crippen molar-refractivity contribution in [1.82, 2.24) is 0 Å². The van der Waals surface area contributed by atoms with Crippen LogP contribution in [0.15, 0.2) is 47.5 Å². The molecule has 2 aliphatic heterocycles. The SMILES string of the molecule is Cc1cccc(Oc2ccc(Cl)cc2N2C(=NC(=O)C(C)C)SC3CS(=O)(=O)CC32)c1. The highest BCUT2D eigenvalue weighted by atomic mass is 35.5. The van der Waals surface area contributed by atoms with E-state index in [9.17, 15) is 13.2 Å². The highest BCUT2D eigenvalue weighted by Crippen LogP contribution is 2.45. The molecule has 2 aromatic rings. The highest BCUT2D eigenvalue weighted by molar-refractivity contribution is 8.16. The van der Waals surface area contributed by atoms with Crippen LogP contribution >= 0.6 is 23.4 Å². The van der Waals surface area contributed by atoms with Gasteiger partial charge in [0.25, 0.3) is 5.91 Å². The molecule has 2 aliphatic rings. The van der Waals surface area contributed by atoms with Gasteiger partial charge in [0, 0.05) is 16.2 Å². The average molecular weight is 479 g/mol. The number of aliphatic imine (C=N–C) groups is 1. The average Bonchev–Trinajstić information content (AvgIpc) is 3.14. The maximum Gasteiger partial charge on any atom is 0.250 e. The molecule has 164 valence electrons. The molecular formula is C22H23ClN2O4S2. The number of halogens is 1. The van der Waals surface area contributed by atoms with Crippen LogP contribution in [-0.4, -0.2) is 42.3 Å². The van der Waals surface area contributed by atoms with Gasteiger partial charge >= 0.3 is 0 Å². The van der Waals surface area contributed by atoms with E-state index < -0.39 is 9.84 Å². The van der Waals surface area contributed by atoms with E-state index in [2.05, 4.69) is 4.99 Å². The number of rotatable bonds is 4. The molecule has 6 nitrogen and oxygen atoms in total. The fourth-order valence-electron chi connectivity index (χ4n) is 3.64. The Morgan fingerprint density at radius 1 is 1.23 bits per heavy atom. The highest BCUT2D eigenvalue weighted by Gasteiger charge is 2.50. The summed E-state index contributed by atoms with van der Waals surface area (Å²) in [5.74, 6) is 0.714. The molecule has 9 heteroatoms. The number of amidine groups is 1. The van der Waals surface area contributed by atoms with Gasteiger partial charge in [-0.2, -0.15) is 4.99 Å². The number of hydrogen-bond acceptors (Lipinski definition) is 5. The lowest BCUT2D eigenvalue weighted by atomic mass is 10.2. The Kier molecular flexibility index (Phi) is 6.07. The van der Waals surface area contributed by atoms with Crippen LogP contribution in [0.25, 0.3) is 0 Å². The second-order valence-corrected chi connectivity index (χ2v) is 11.9. The van der Waals surface area contributed by atoms with Crippen LogP contribution in [0.5, 0.6) is 11.5 Å². The van der Waals surface area contributed by atoms with Crippen LogP contribution in [-0.2, 0) is 14.6 Å². The van der Waals surface area contributed by atoms with Crippen molar-refractivity contribution < 1.29 is 17.9 Å². The van der Waals surface area contributed by atoms with Gasteiger partial charge in [-0.3, -0.25) is 4.79 Å². The van der Waals surface area contributed by atoms with Crippen LogP contribution in [0.3, 0.4) is 0 Å². The summed E-state index contributed by atoms with van der Waals surface area (Å²) in [6.45, 7) is 5.55. The van der Waals surface area contributed by atoms with E-state index in [-0.39, 0.29) is 34.6 Å². The lowest BCUT2D eigenvalue weighted by Crippen LogP contribution is -2.38. The zero-order valence-electron chi connectivity index (χ0n) is 17.4. The Bertz CT molecular complexity index is 1160. The van der Waals surface area contributed by atoms with Gasteiger partial charge in [0.2, 0.25) is 0 Å². The molecule has 0 spiro atoms. The van der Waals surface area contributed by atoms with E-state index in [1.54, 1.807) is 32.0 Å². The minimum absolute atomic E-state index is 0.00401. The van der Waals surface area contributed by atoms with Crippen molar-refractivity contribution in [2.24, 2.45) is 10.9 Å².